The van der Waals surface area contributed by atoms with E-state index in [0.29, 0.717) is 12.2 Å². The smallest absolute Gasteiger partial charge is 0.246 e. The first kappa shape index (κ1) is 20.7. The maximum absolute atomic E-state index is 14.3. The summed E-state index contributed by atoms with van der Waals surface area (Å²) in [7, 11) is -3.95. The zero-order valence-electron chi connectivity index (χ0n) is 16.4. The first-order chi connectivity index (χ1) is 14.4. The summed E-state index contributed by atoms with van der Waals surface area (Å²) in [5.41, 5.74) is 1.38. The number of anilines is 1. The van der Waals surface area contributed by atoms with Crippen LogP contribution in [0.3, 0.4) is 0 Å². The van der Waals surface area contributed by atoms with Gasteiger partial charge >= 0.3 is 0 Å². The summed E-state index contributed by atoms with van der Waals surface area (Å²) in [6, 6.07) is 10.2. The van der Waals surface area contributed by atoms with Crippen LogP contribution in [0.4, 0.5) is 14.5 Å². The number of nitrogens with zero attached hydrogens (tertiary/aromatic N) is 3. The number of hydrogen-bond acceptors (Lipinski definition) is 4. The summed E-state index contributed by atoms with van der Waals surface area (Å²) in [5.74, 6) is -1.29. The fourth-order valence-electron chi connectivity index (χ4n) is 4.08. The van der Waals surface area contributed by atoms with Crippen LogP contribution in [-0.2, 0) is 21.2 Å². The molecule has 0 N–H and O–H groups in total. The fraction of sp³-hybridized carbons (Fsp3) is 0.381. The summed E-state index contributed by atoms with van der Waals surface area (Å²) >= 11 is 0. The van der Waals surface area contributed by atoms with Crippen LogP contribution in [0.2, 0.25) is 0 Å². The Kier molecular flexibility index (Phi) is 5.75. The Morgan fingerprint density at radius 1 is 0.900 bits per heavy atom. The van der Waals surface area contributed by atoms with Gasteiger partial charge in [-0.2, -0.15) is 4.31 Å². The van der Waals surface area contributed by atoms with Crippen molar-refractivity contribution in [3.8, 4) is 0 Å². The van der Waals surface area contributed by atoms with Crippen LogP contribution >= 0.6 is 0 Å². The Morgan fingerprint density at radius 3 is 2.33 bits per heavy atom. The van der Waals surface area contributed by atoms with E-state index in [0.717, 1.165) is 24.5 Å². The number of sulfonamides is 1. The lowest BCUT2D eigenvalue weighted by molar-refractivity contribution is -0.130. The number of halogens is 2. The topological polar surface area (TPSA) is 60.9 Å². The Hall–Kier alpha value is -2.52. The lowest BCUT2D eigenvalue weighted by atomic mass is 10.0. The number of amides is 1. The molecule has 0 bridgehead atoms. The number of rotatable bonds is 4. The molecule has 2 aliphatic heterocycles. The molecule has 30 heavy (non-hydrogen) atoms. The van der Waals surface area contributed by atoms with Crippen molar-refractivity contribution in [2.45, 2.75) is 17.7 Å². The Balaban J connectivity index is 1.41. The van der Waals surface area contributed by atoms with Crippen LogP contribution < -0.4 is 4.90 Å². The van der Waals surface area contributed by atoms with Gasteiger partial charge in [0.25, 0.3) is 0 Å². The van der Waals surface area contributed by atoms with Crippen molar-refractivity contribution in [2.75, 3.05) is 44.2 Å². The highest BCUT2D eigenvalue weighted by Gasteiger charge is 2.32. The number of benzene rings is 2. The van der Waals surface area contributed by atoms with Crippen LogP contribution in [0.1, 0.15) is 12.0 Å². The van der Waals surface area contributed by atoms with E-state index in [2.05, 4.69) is 0 Å². The van der Waals surface area contributed by atoms with E-state index < -0.39 is 15.8 Å². The second-order valence-electron chi connectivity index (χ2n) is 7.49. The van der Waals surface area contributed by atoms with Gasteiger partial charge in [0.2, 0.25) is 15.9 Å². The van der Waals surface area contributed by atoms with Crippen molar-refractivity contribution in [1.82, 2.24) is 9.21 Å². The molecule has 4 rings (SSSR count). The molecule has 160 valence electrons. The van der Waals surface area contributed by atoms with Crippen LogP contribution in [-0.4, -0.2) is 62.8 Å². The van der Waals surface area contributed by atoms with Crippen molar-refractivity contribution < 1.29 is 22.0 Å². The number of fused-ring (bicyclic) bond motifs is 1. The summed E-state index contributed by atoms with van der Waals surface area (Å²) < 4.78 is 54.9. The molecule has 0 unspecified atom stereocenters. The molecule has 2 aromatic rings. The molecule has 0 saturated carbocycles. The number of hydrogen-bond donors (Lipinski definition) is 0. The van der Waals surface area contributed by atoms with Gasteiger partial charge in [-0.1, -0.05) is 24.3 Å². The SMILES string of the molecule is O=C(CN1CCCc2cccc(F)c21)N1CCN(S(=O)(=O)c2ccccc2F)CC1. The largest absolute Gasteiger partial charge is 0.360 e. The van der Waals surface area contributed by atoms with Crippen molar-refractivity contribution >= 4 is 21.6 Å². The summed E-state index contributed by atoms with van der Waals surface area (Å²) in [6.07, 6.45) is 1.63. The average molecular weight is 435 g/mol. The maximum Gasteiger partial charge on any atom is 0.246 e. The summed E-state index contributed by atoms with van der Waals surface area (Å²) in [4.78, 5) is 15.8. The van der Waals surface area contributed by atoms with Crippen molar-refractivity contribution in [3.05, 3.63) is 59.7 Å². The van der Waals surface area contributed by atoms with Crippen LogP contribution in [0.25, 0.3) is 0 Å². The van der Waals surface area contributed by atoms with Gasteiger partial charge in [0.1, 0.15) is 16.5 Å². The molecule has 6 nitrogen and oxygen atoms in total. The second kappa shape index (κ2) is 8.31. The zero-order valence-corrected chi connectivity index (χ0v) is 17.2. The first-order valence-electron chi connectivity index (χ1n) is 9.93. The third kappa shape index (κ3) is 3.91. The Bertz CT molecular complexity index is 1050. The van der Waals surface area contributed by atoms with E-state index in [-0.39, 0.29) is 49.3 Å². The lowest BCUT2D eigenvalue weighted by Crippen LogP contribution is -2.53. The van der Waals surface area contributed by atoms with Gasteiger partial charge in [-0.3, -0.25) is 4.79 Å². The lowest BCUT2D eigenvalue weighted by Gasteiger charge is -2.37. The molecular formula is C21H23F2N3O3S. The first-order valence-corrected chi connectivity index (χ1v) is 11.4. The second-order valence-corrected chi connectivity index (χ2v) is 9.39. The highest BCUT2D eigenvalue weighted by molar-refractivity contribution is 7.89. The minimum Gasteiger partial charge on any atom is -0.360 e. The molecule has 1 saturated heterocycles. The van der Waals surface area contributed by atoms with Gasteiger partial charge in [0, 0.05) is 32.7 Å². The molecule has 2 aliphatic rings. The van der Waals surface area contributed by atoms with Gasteiger partial charge in [-0.15, -0.1) is 0 Å². The third-order valence-electron chi connectivity index (χ3n) is 5.63. The van der Waals surface area contributed by atoms with E-state index in [9.17, 15) is 22.0 Å². The monoisotopic (exact) mass is 435 g/mol. The van der Waals surface area contributed by atoms with Gasteiger partial charge in [-0.25, -0.2) is 17.2 Å². The molecule has 2 heterocycles. The number of carbonyl (C=O) groups is 1. The zero-order chi connectivity index (χ0) is 21.3. The minimum absolute atomic E-state index is 0.0496. The molecule has 0 atom stereocenters. The molecule has 0 radical (unpaired) electrons. The standard InChI is InChI=1S/C21H23F2N3O3S/c22-17-7-1-2-9-19(17)30(28,29)26-13-11-24(12-14-26)20(27)15-25-10-4-6-16-5-3-8-18(23)21(16)25/h1-3,5,7-9H,4,6,10-15H2. The predicted molar refractivity (Wildman–Crippen MR) is 109 cm³/mol. The van der Waals surface area contributed by atoms with E-state index in [1.54, 1.807) is 15.9 Å². The van der Waals surface area contributed by atoms with E-state index in [1.807, 2.05) is 6.07 Å². The molecule has 0 aliphatic carbocycles. The number of aryl methyl sites for hydroxylation is 1. The van der Waals surface area contributed by atoms with Crippen molar-refractivity contribution in [3.63, 3.8) is 0 Å². The fourth-order valence-corrected chi connectivity index (χ4v) is 5.57. The molecule has 1 amide bonds. The molecular weight excluding hydrogens is 412 g/mol. The van der Waals surface area contributed by atoms with Crippen LogP contribution in [0, 0.1) is 11.6 Å². The molecule has 2 aromatic carbocycles. The van der Waals surface area contributed by atoms with E-state index in [4.69, 9.17) is 0 Å². The highest BCUT2D eigenvalue weighted by atomic mass is 32.2. The molecule has 0 aromatic heterocycles. The average Bonchev–Trinajstić information content (AvgIpc) is 2.74. The molecule has 9 heteroatoms. The quantitative estimate of drug-likeness (QED) is 0.739. The van der Waals surface area contributed by atoms with Crippen LogP contribution in [0.15, 0.2) is 47.4 Å². The van der Waals surface area contributed by atoms with Crippen molar-refractivity contribution in [2.24, 2.45) is 0 Å². The molecule has 1 fully saturated rings. The van der Waals surface area contributed by atoms with Gasteiger partial charge in [0.15, 0.2) is 0 Å². The third-order valence-corrected chi connectivity index (χ3v) is 7.56. The van der Waals surface area contributed by atoms with E-state index in [1.165, 1.54) is 28.6 Å². The number of piperazine rings is 1. The van der Waals surface area contributed by atoms with Gasteiger partial charge < -0.3 is 9.80 Å². The van der Waals surface area contributed by atoms with Gasteiger partial charge in [-0.05, 0) is 36.6 Å². The summed E-state index contributed by atoms with van der Waals surface area (Å²) in [6.45, 7) is 1.25. The molecule has 0 spiro atoms. The van der Waals surface area contributed by atoms with Gasteiger partial charge in [0.05, 0.1) is 12.2 Å². The Morgan fingerprint density at radius 2 is 1.60 bits per heavy atom. The predicted octanol–water partition coefficient (Wildman–Crippen LogP) is 2.25. The van der Waals surface area contributed by atoms with Crippen LogP contribution in [0.5, 0.6) is 0 Å². The number of carbonyl (C=O) groups excluding carboxylic acids is 1. The number of para-hydroxylation sites is 1. The normalized spacial score (nSPS) is 17.7. The maximum atomic E-state index is 14.3. The Labute approximate surface area is 174 Å². The van der Waals surface area contributed by atoms with Crippen molar-refractivity contribution in [1.29, 1.82) is 0 Å². The minimum atomic E-state index is -3.95. The highest BCUT2D eigenvalue weighted by Crippen LogP contribution is 2.30. The summed E-state index contributed by atoms with van der Waals surface area (Å²) in [5, 5.41) is 0. The van der Waals surface area contributed by atoms with E-state index >= 15 is 0 Å².